The first kappa shape index (κ1) is 10.3. The minimum atomic E-state index is -0.0197. The second-order valence-electron chi connectivity index (χ2n) is 4.38. The van der Waals surface area contributed by atoms with Gasteiger partial charge in [-0.2, -0.15) is 0 Å². The molecular weight excluding hydrogens is 188 g/mol. The lowest BCUT2D eigenvalue weighted by atomic mass is 9.96. The lowest BCUT2D eigenvalue weighted by Crippen LogP contribution is -2.41. The van der Waals surface area contributed by atoms with E-state index in [1.807, 2.05) is 0 Å². The molecule has 0 bridgehead atoms. The summed E-state index contributed by atoms with van der Waals surface area (Å²) in [5.74, 6) is 0.548. The molecule has 1 aliphatic rings. The summed E-state index contributed by atoms with van der Waals surface area (Å²) in [6, 6.07) is 4.17. The SMILES string of the molecule is CCC(C)[C@H]1C(=O)NCc2ccc(C)n21. The summed E-state index contributed by atoms with van der Waals surface area (Å²) in [6.45, 7) is 7.00. The van der Waals surface area contributed by atoms with Gasteiger partial charge in [0.15, 0.2) is 0 Å². The van der Waals surface area contributed by atoms with Crippen LogP contribution < -0.4 is 5.32 Å². The molecular formula is C12H18N2O. The molecule has 0 fully saturated rings. The number of fused-ring (bicyclic) bond motifs is 1. The van der Waals surface area contributed by atoms with Crippen LogP contribution in [0, 0.1) is 12.8 Å². The second kappa shape index (κ2) is 3.72. The van der Waals surface area contributed by atoms with Crippen LogP contribution in [0.2, 0.25) is 0 Å². The fourth-order valence-corrected chi connectivity index (χ4v) is 2.28. The molecule has 1 aromatic rings. The smallest absolute Gasteiger partial charge is 0.243 e. The van der Waals surface area contributed by atoms with Crippen LogP contribution in [0.1, 0.15) is 37.7 Å². The number of nitrogens with zero attached hydrogens (tertiary/aromatic N) is 1. The van der Waals surface area contributed by atoms with Gasteiger partial charge in [0.05, 0.1) is 6.54 Å². The molecule has 2 atom stereocenters. The first-order valence-electron chi connectivity index (χ1n) is 5.59. The third kappa shape index (κ3) is 1.56. The summed E-state index contributed by atoms with van der Waals surface area (Å²) in [4.78, 5) is 11.9. The van der Waals surface area contributed by atoms with Crippen molar-refractivity contribution in [2.75, 3.05) is 0 Å². The van der Waals surface area contributed by atoms with Crippen molar-refractivity contribution < 1.29 is 4.79 Å². The van der Waals surface area contributed by atoms with Crippen LogP contribution in [0.15, 0.2) is 12.1 Å². The van der Waals surface area contributed by atoms with Gasteiger partial charge in [-0.1, -0.05) is 20.3 Å². The van der Waals surface area contributed by atoms with Crippen LogP contribution in [0.3, 0.4) is 0 Å². The Labute approximate surface area is 90.5 Å². The van der Waals surface area contributed by atoms with Crippen molar-refractivity contribution in [3.8, 4) is 0 Å². The summed E-state index contributed by atoms with van der Waals surface area (Å²) < 4.78 is 2.19. The number of hydrogen-bond acceptors (Lipinski definition) is 1. The molecule has 0 aromatic carbocycles. The second-order valence-corrected chi connectivity index (χ2v) is 4.38. The van der Waals surface area contributed by atoms with Crippen molar-refractivity contribution in [2.45, 2.75) is 39.8 Å². The molecule has 1 amide bonds. The van der Waals surface area contributed by atoms with Crippen molar-refractivity contribution in [1.82, 2.24) is 9.88 Å². The van der Waals surface area contributed by atoms with Crippen molar-refractivity contribution in [3.05, 3.63) is 23.5 Å². The van der Waals surface area contributed by atoms with E-state index >= 15 is 0 Å². The Morgan fingerprint density at radius 3 is 3.00 bits per heavy atom. The van der Waals surface area contributed by atoms with Gasteiger partial charge in [-0.3, -0.25) is 4.79 Å². The molecule has 15 heavy (non-hydrogen) atoms. The third-order valence-corrected chi connectivity index (χ3v) is 3.38. The zero-order valence-electron chi connectivity index (χ0n) is 9.58. The zero-order chi connectivity index (χ0) is 11.0. The van der Waals surface area contributed by atoms with E-state index in [-0.39, 0.29) is 11.9 Å². The predicted octanol–water partition coefficient (Wildman–Crippen LogP) is 2.01. The lowest BCUT2D eigenvalue weighted by Gasteiger charge is -2.31. The van der Waals surface area contributed by atoms with Crippen LogP contribution in [-0.4, -0.2) is 10.5 Å². The van der Waals surface area contributed by atoms with Crippen LogP contribution >= 0.6 is 0 Å². The molecule has 1 unspecified atom stereocenters. The topological polar surface area (TPSA) is 34.0 Å². The molecule has 1 aromatic heterocycles. The number of carbonyl (C=O) groups is 1. The molecule has 3 heteroatoms. The minimum absolute atomic E-state index is 0.0197. The van der Waals surface area contributed by atoms with Crippen molar-refractivity contribution in [3.63, 3.8) is 0 Å². The predicted molar refractivity (Wildman–Crippen MR) is 59.5 cm³/mol. The van der Waals surface area contributed by atoms with Gasteiger partial charge >= 0.3 is 0 Å². The highest BCUT2D eigenvalue weighted by Crippen LogP contribution is 2.28. The zero-order valence-corrected chi connectivity index (χ0v) is 9.58. The Hall–Kier alpha value is -1.25. The van der Waals surface area contributed by atoms with Crippen LogP contribution in [0.5, 0.6) is 0 Å². The number of aryl methyl sites for hydroxylation is 1. The highest BCUT2D eigenvalue weighted by atomic mass is 16.2. The Morgan fingerprint density at radius 1 is 1.60 bits per heavy atom. The van der Waals surface area contributed by atoms with E-state index in [0.29, 0.717) is 12.5 Å². The Bertz CT molecular complexity index is 381. The molecule has 0 spiro atoms. The Morgan fingerprint density at radius 2 is 2.33 bits per heavy atom. The summed E-state index contributed by atoms with van der Waals surface area (Å²) in [5.41, 5.74) is 2.41. The monoisotopic (exact) mass is 206 g/mol. The summed E-state index contributed by atoms with van der Waals surface area (Å²) in [7, 11) is 0. The average molecular weight is 206 g/mol. The van der Waals surface area contributed by atoms with Crippen molar-refractivity contribution in [1.29, 1.82) is 0 Å². The van der Waals surface area contributed by atoms with Crippen LogP contribution in [-0.2, 0) is 11.3 Å². The molecule has 0 radical (unpaired) electrons. The number of aromatic nitrogens is 1. The standard InChI is InChI=1S/C12H18N2O/c1-4-8(2)11-12(15)13-7-10-6-5-9(3)14(10)11/h5-6,8,11H,4,7H2,1-3H3,(H,13,15)/t8?,11-/m0/s1. The molecule has 0 aliphatic carbocycles. The van der Waals surface area contributed by atoms with Crippen molar-refractivity contribution >= 4 is 5.91 Å². The highest BCUT2D eigenvalue weighted by Gasteiger charge is 2.31. The Balaban J connectivity index is 2.44. The number of amides is 1. The van der Waals surface area contributed by atoms with Gasteiger partial charge in [-0.25, -0.2) is 0 Å². The van der Waals surface area contributed by atoms with E-state index in [0.717, 1.165) is 6.42 Å². The van der Waals surface area contributed by atoms with Crippen molar-refractivity contribution in [2.24, 2.45) is 5.92 Å². The molecule has 1 N–H and O–H groups in total. The molecule has 82 valence electrons. The fourth-order valence-electron chi connectivity index (χ4n) is 2.28. The molecule has 2 rings (SSSR count). The molecule has 3 nitrogen and oxygen atoms in total. The van der Waals surface area contributed by atoms with Gasteiger partial charge in [0.25, 0.3) is 0 Å². The summed E-state index contributed by atoms with van der Waals surface area (Å²) in [5, 5.41) is 2.96. The van der Waals surface area contributed by atoms with E-state index in [2.05, 4.69) is 42.8 Å². The Kier molecular flexibility index (Phi) is 2.55. The van der Waals surface area contributed by atoms with Gasteiger partial charge in [0, 0.05) is 11.4 Å². The molecule has 0 saturated heterocycles. The van der Waals surface area contributed by atoms with Gasteiger partial charge < -0.3 is 9.88 Å². The van der Waals surface area contributed by atoms with Crippen LogP contribution in [0.4, 0.5) is 0 Å². The lowest BCUT2D eigenvalue weighted by molar-refractivity contribution is -0.127. The van der Waals surface area contributed by atoms with E-state index in [1.54, 1.807) is 0 Å². The molecule has 1 aliphatic heterocycles. The maximum absolute atomic E-state index is 11.9. The number of hydrogen-bond donors (Lipinski definition) is 1. The maximum Gasteiger partial charge on any atom is 0.243 e. The van der Waals surface area contributed by atoms with Gasteiger partial charge in [-0.05, 0) is 25.0 Å². The summed E-state index contributed by atoms with van der Waals surface area (Å²) in [6.07, 6.45) is 1.02. The fraction of sp³-hybridized carbons (Fsp3) is 0.583. The number of rotatable bonds is 2. The van der Waals surface area contributed by atoms with Gasteiger partial charge in [0.1, 0.15) is 6.04 Å². The molecule has 0 saturated carbocycles. The number of nitrogens with one attached hydrogen (secondary N) is 1. The quantitative estimate of drug-likeness (QED) is 0.789. The number of carbonyl (C=O) groups excluding carboxylic acids is 1. The largest absolute Gasteiger partial charge is 0.349 e. The van der Waals surface area contributed by atoms with E-state index in [9.17, 15) is 4.79 Å². The van der Waals surface area contributed by atoms with Gasteiger partial charge in [-0.15, -0.1) is 0 Å². The highest BCUT2D eigenvalue weighted by molar-refractivity contribution is 5.81. The van der Waals surface area contributed by atoms with E-state index in [4.69, 9.17) is 0 Å². The molecule has 2 heterocycles. The summed E-state index contributed by atoms with van der Waals surface area (Å²) >= 11 is 0. The first-order chi connectivity index (χ1) is 7.15. The van der Waals surface area contributed by atoms with Crippen LogP contribution in [0.25, 0.3) is 0 Å². The maximum atomic E-state index is 11.9. The van der Waals surface area contributed by atoms with E-state index < -0.39 is 0 Å². The third-order valence-electron chi connectivity index (χ3n) is 3.38. The van der Waals surface area contributed by atoms with E-state index in [1.165, 1.54) is 11.4 Å². The minimum Gasteiger partial charge on any atom is -0.349 e. The normalized spacial score (nSPS) is 22.1. The average Bonchev–Trinajstić information content (AvgIpc) is 2.60. The first-order valence-corrected chi connectivity index (χ1v) is 5.59. The van der Waals surface area contributed by atoms with Gasteiger partial charge in [0.2, 0.25) is 5.91 Å².